The molecule has 0 amide bonds. The molecule has 2 rings (SSSR count). The van der Waals surface area contributed by atoms with Gasteiger partial charge in [0.15, 0.2) is 0 Å². The fourth-order valence-corrected chi connectivity index (χ4v) is 2.05. The standard InChI is InChI=1S/C13H13BrN2O3/c1-7(8(2)17)13-15-12(16-19-13)9-4-5-11(18-3)10(14)6-9/h4-7H,1-3H3. The zero-order valence-corrected chi connectivity index (χ0v) is 12.4. The molecule has 0 aliphatic carbocycles. The maximum absolute atomic E-state index is 11.3. The third kappa shape index (κ3) is 2.84. The maximum atomic E-state index is 11.3. The van der Waals surface area contributed by atoms with Crippen LogP contribution in [-0.4, -0.2) is 23.0 Å². The molecule has 19 heavy (non-hydrogen) atoms. The molecule has 0 spiro atoms. The van der Waals surface area contributed by atoms with Crippen LogP contribution in [0.1, 0.15) is 25.7 Å². The summed E-state index contributed by atoms with van der Waals surface area (Å²) in [6.45, 7) is 3.24. The predicted molar refractivity (Wildman–Crippen MR) is 73.1 cm³/mol. The van der Waals surface area contributed by atoms with E-state index in [1.807, 2.05) is 18.2 Å². The van der Waals surface area contributed by atoms with Gasteiger partial charge in [0.25, 0.3) is 0 Å². The molecule has 1 atom stereocenters. The Bertz CT molecular complexity index is 610. The Morgan fingerprint density at radius 1 is 1.47 bits per heavy atom. The molecule has 0 radical (unpaired) electrons. The topological polar surface area (TPSA) is 65.2 Å². The summed E-state index contributed by atoms with van der Waals surface area (Å²) in [6, 6.07) is 5.48. The van der Waals surface area contributed by atoms with Gasteiger partial charge in [-0.3, -0.25) is 4.79 Å². The molecule has 1 aromatic heterocycles. The maximum Gasteiger partial charge on any atom is 0.237 e. The Labute approximate surface area is 119 Å². The van der Waals surface area contributed by atoms with Crippen LogP contribution in [0, 0.1) is 0 Å². The van der Waals surface area contributed by atoms with Crippen molar-refractivity contribution in [2.75, 3.05) is 7.11 Å². The first-order chi connectivity index (χ1) is 9.02. The number of hydrogen-bond acceptors (Lipinski definition) is 5. The largest absolute Gasteiger partial charge is 0.496 e. The Kier molecular flexibility index (Phi) is 3.99. The number of carbonyl (C=O) groups is 1. The van der Waals surface area contributed by atoms with Crippen LogP contribution in [0.3, 0.4) is 0 Å². The average molecular weight is 325 g/mol. The van der Waals surface area contributed by atoms with Gasteiger partial charge in [-0.15, -0.1) is 0 Å². The van der Waals surface area contributed by atoms with Crippen molar-refractivity contribution in [3.05, 3.63) is 28.6 Å². The number of ketones is 1. The number of rotatable bonds is 4. The number of methoxy groups -OCH3 is 1. The minimum absolute atomic E-state index is 0.00823. The van der Waals surface area contributed by atoms with E-state index in [4.69, 9.17) is 9.26 Å². The molecular weight excluding hydrogens is 312 g/mol. The number of carbonyl (C=O) groups excluding carboxylic acids is 1. The molecule has 6 heteroatoms. The van der Waals surface area contributed by atoms with Gasteiger partial charge < -0.3 is 9.26 Å². The van der Waals surface area contributed by atoms with E-state index in [0.29, 0.717) is 11.7 Å². The molecule has 2 aromatic rings. The van der Waals surface area contributed by atoms with Crippen LogP contribution in [0.15, 0.2) is 27.2 Å². The summed E-state index contributed by atoms with van der Waals surface area (Å²) in [5, 5.41) is 3.89. The Hall–Kier alpha value is -1.69. The second kappa shape index (κ2) is 5.52. The SMILES string of the molecule is COc1ccc(-c2noc(C(C)C(C)=O)n2)cc1Br. The van der Waals surface area contributed by atoms with Gasteiger partial charge in [0.05, 0.1) is 17.5 Å². The lowest BCUT2D eigenvalue weighted by atomic mass is 10.1. The summed E-state index contributed by atoms with van der Waals surface area (Å²) in [6.07, 6.45) is 0. The number of aromatic nitrogens is 2. The molecule has 1 aromatic carbocycles. The Morgan fingerprint density at radius 2 is 2.21 bits per heavy atom. The van der Waals surface area contributed by atoms with Crippen LogP contribution in [0.4, 0.5) is 0 Å². The van der Waals surface area contributed by atoms with E-state index >= 15 is 0 Å². The molecule has 0 aliphatic heterocycles. The minimum Gasteiger partial charge on any atom is -0.496 e. The fourth-order valence-electron chi connectivity index (χ4n) is 1.51. The number of benzene rings is 1. The lowest BCUT2D eigenvalue weighted by Gasteiger charge is -2.03. The van der Waals surface area contributed by atoms with Crippen molar-refractivity contribution in [2.45, 2.75) is 19.8 Å². The van der Waals surface area contributed by atoms with Crippen molar-refractivity contribution in [1.82, 2.24) is 10.1 Å². The first-order valence-electron chi connectivity index (χ1n) is 5.71. The monoisotopic (exact) mass is 324 g/mol. The predicted octanol–water partition coefficient (Wildman–Crippen LogP) is 3.20. The summed E-state index contributed by atoms with van der Waals surface area (Å²) >= 11 is 3.40. The molecule has 0 bridgehead atoms. The molecule has 0 N–H and O–H groups in total. The molecule has 100 valence electrons. The Balaban J connectivity index is 2.33. The summed E-state index contributed by atoms with van der Waals surface area (Å²) < 4.78 is 11.1. The number of halogens is 1. The van der Waals surface area contributed by atoms with E-state index in [9.17, 15) is 4.79 Å². The minimum atomic E-state index is -0.386. The van der Waals surface area contributed by atoms with Crippen molar-refractivity contribution in [2.24, 2.45) is 0 Å². The van der Waals surface area contributed by atoms with E-state index < -0.39 is 0 Å². The van der Waals surface area contributed by atoms with E-state index in [0.717, 1.165) is 15.8 Å². The van der Waals surface area contributed by atoms with Crippen molar-refractivity contribution < 1.29 is 14.1 Å². The molecule has 1 heterocycles. The summed E-state index contributed by atoms with van der Waals surface area (Å²) in [5.74, 6) is 1.11. The average Bonchev–Trinajstić information content (AvgIpc) is 2.87. The zero-order chi connectivity index (χ0) is 14.0. The van der Waals surface area contributed by atoms with E-state index in [1.54, 1.807) is 14.0 Å². The lowest BCUT2D eigenvalue weighted by molar-refractivity contribution is -0.118. The van der Waals surface area contributed by atoms with Crippen LogP contribution in [0.25, 0.3) is 11.4 Å². The number of ether oxygens (including phenoxy) is 1. The van der Waals surface area contributed by atoms with Gasteiger partial charge in [0.1, 0.15) is 11.5 Å². The number of nitrogens with zero attached hydrogens (tertiary/aromatic N) is 2. The van der Waals surface area contributed by atoms with E-state index in [2.05, 4.69) is 26.1 Å². The van der Waals surface area contributed by atoms with Gasteiger partial charge in [0.2, 0.25) is 11.7 Å². The molecule has 0 saturated heterocycles. The van der Waals surface area contributed by atoms with Gasteiger partial charge in [-0.25, -0.2) is 0 Å². The lowest BCUT2D eigenvalue weighted by Crippen LogP contribution is -2.04. The summed E-state index contributed by atoms with van der Waals surface area (Å²) in [4.78, 5) is 15.5. The number of Topliss-reactive ketones (excluding diaryl/α,β-unsaturated/α-hetero) is 1. The zero-order valence-electron chi connectivity index (χ0n) is 10.8. The highest BCUT2D eigenvalue weighted by molar-refractivity contribution is 9.10. The van der Waals surface area contributed by atoms with E-state index in [-0.39, 0.29) is 11.7 Å². The molecule has 0 saturated carbocycles. The quantitative estimate of drug-likeness (QED) is 0.864. The molecule has 5 nitrogen and oxygen atoms in total. The van der Waals surface area contributed by atoms with Crippen molar-refractivity contribution in [3.8, 4) is 17.1 Å². The third-order valence-electron chi connectivity index (χ3n) is 2.83. The van der Waals surface area contributed by atoms with Crippen molar-refractivity contribution in [3.63, 3.8) is 0 Å². The fraction of sp³-hybridized carbons (Fsp3) is 0.308. The van der Waals surface area contributed by atoms with Crippen molar-refractivity contribution >= 4 is 21.7 Å². The van der Waals surface area contributed by atoms with Crippen LogP contribution >= 0.6 is 15.9 Å². The van der Waals surface area contributed by atoms with E-state index in [1.165, 1.54) is 6.92 Å². The van der Waals surface area contributed by atoms with Crippen LogP contribution in [0.2, 0.25) is 0 Å². The van der Waals surface area contributed by atoms with Crippen LogP contribution in [-0.2, 0) is 4.79 Å². The van der Waals surface area contributed by atoms with Crippen molar-refractivity contribution in [1.29, 1.82) is 0 Å². The Morgan fingerprint density at radius 3 is 2.79 bits per heavy atom. The van der Waals surface area contributed by atoms with Gasteiger partial charge >= 0.3 is 0 Å². The first-order valence-corrected chi connectivity index (χ1v) is 6.50. The summed E-state index contributed by atoms with van der Waals surface area (Å²) in [5.41, 5.74) is 0.790. The molecular formula is C13H13BrN2O3. The van der Waals surface area contributed by atoms with Gasteiger partial charge in [-0.2, -0.15) is 4.98 Å². The number of hydrogen-bond donors (Lipinski definition) is 0. The first kappa shape index (κ1) is 13.7. The second-order valence-electron chi connectivity index (χ2n) is 4.14. The molecule has 0 fully saturated rings. The molecule has 1 unspecified atom stereocenters. The van der Waals surface area contributed by atoms with Crippen LogP contribution < -0.4 is 4.74 Å². The van der Waals surface area contributed by atoms with Crippen LogP contribution in [0.5, 0.6) is 5.75 Å². The van der Waals surface area contributed by atoms with Gasteiger partial charge in [0, 0.05) is 5.56 Å². The van der Waals surface area contributed by atoms with Gasteiger partial charge in [-0.05, 0) is 48.0 Å². The summed E-state index contributed by atoms with van der Waals surface area (Å²) in [7, 11) is 1.60. The highest BCUT2D eigenvalue weighted by atomic mass is 79.9. The van der Waals surface area contributed by atoms with Gasteiger partial charge in [-0.1, -0.05) is 5.16 Å². The third-order valence-corrected chi connectivity index (χ3v) is 3.45. The highest BCUT2D eigenvalue weighted by Gasteiger charge is 2.19. The second-order valence-corrected chi connectivity index (χ2v) is 4.99. The molecule has 0 aliphatic rings. The smallest absolute Gasteiger partial charge is 0.237 e. The normalized spacial score (nSPS) is 12.2. The highest BCUT2D eigenvalue weighted by Crippen LogP contribution is 2.29.